The third kappa shape index (κ3) is 8.75. The zero-order valence-electron chi connectivity index (χ0n) is 14.1. The maximum Gasteiger partial charge on any atom is 0.220 e. The molecule has 0 unspecified atom stereocenters. The first-order valence-corrected chi connectivity index (χ1v) is 10.4. The van der Waals surface area contributed by atoms with Crippen molar-refractivity contribution in [1.82, 2.24) is 10.6 Å². The number of carbonyl (C=O) groups excluding carboxylic acids is 1. The van der Waals surface area contributed by atoms with Crippen molar-refractivity contribution in [3.05, 3.63) is 28.7 Å². The van der Waals surface area contributed by atoms with Crippen molar-refractivity contribution < 1.29 is 4.79 Å². The van der Waals surface area contributed by atoms with E-state index in [9.17, 15) is 4.79 Å². The molecule has 1 heterocycles. The van der Waals surface area contributed by atoms with Crippen LogP contribution >= 0.6 is 40.1 Å². The van der Waals surface area contributed by atoms with Gasteiger partial charge < -0.3 is 10.6 Å². The van der Waals surface area contributed by atoms with Crippen LogP contribution in [0, 0.1) is 5.92 Å². The van der Waals surface area contributed by atoms with Crippen molar-refractivity contribution in [3.8, 4) is 0 Å². The van der Waals surface area contributed by atoms with Crippen molar-refractivity contribution in [3.63, 3.8) is 0 Å². The number of hydrogen-bond donors (Lipinski definition) is 2. The Balaban J connectivity index is 0.00000288. The van der Waals surface area contributed by atoms with Gasteiger partial charge in [-0.15, -0.1) is 24.2 Å². The molecular weight excluding hydrogens is 408 g/mol. The number of hydrogen-bond acceptors (Lipinski definition) is 3. The normalized spacial score (nSPS) is 14.9. The maximum absolute atomic E-state index is 11.8. The summed E-state index contributed by atoms with van der Waals surface area (Å²) >= 11 is 5.44. The van der Waals surface area contributed by atoms with Gasteiger partial charge in [-0.05, 0) is 84.9 Å². The Morgan fingerprint density at radius 1 is 1.25 bits per heavy atom. The van der Waals surface area contributed by atoms with Gasteiger partial charge in [-0.25, -0.2) is 0 Å². The highest BCUT2D eigenvalue weighted by atomic mass is 79.9. The Morgan fingerprint density at radius 3 is 2.75 bits per heavy atom. The molecule has 1 fully saturated rings. The van der Waals surface area contributed by atoms with Crippen molar-refractivity contribution >= 4 is 46.0 Å². The summed E-state index contributed by atoms with van der Waals surface area (Å²) in [6.45, 7) is 3.03. The Kier molecular flexibility index (Phi) is 11.8. The summed E-state index contributed by atoms with van der Waals surface area (Å²) in [6, 6.07) is 8.31. The predicted molar refractivity (Wildman–Crippen MR) is 109 cm³/mol. The molecule has 1 aromatic carbocycles. The molecule has 3 nitrogen and oxygen atoms in total. The van der Waals surface area contributed by atoms with Gasteiger partial charge in [0.15, 0.2) is 0 Å². The lowest BCUT2D eigenvalue weighted by molar-refractivity contribution is -0.121. The fourth-order valence-corrected chi connectivity index (χ4v) is 4.37. The number of piperidine rings is 1. The van der Waals surface area contributed by atoms with Crippen molar-refractivity contribution in [2.75, 3.05) is 25.4 Å². The number of nitrogens with one attached hydrogen (secondary N) is 2. The summed E-state index contributed by atoms with van der Waals surface area (Å²) in [5, 5.41) is 6.43. The lowest BCUT2D eigenvalue weighted by Gasteiger charge is -2.22. The average Bonchev–Trinajstić information content (AvgIpc) is 2.58. The second kappa shape index (κ2) is 13.0. The number of rotatable bonds is 9. The molecule has 136 valence electrons. The van der Waals surface area contributed by atoms with Gasteiger partial charge in [0.2, 0.25) is 5.91 Å². The van der Waals surface area contributed by atoms with Gasteiger partial charge in [-0.2, -0.15) is 0 Å². The Bertz CT molecular complexity index is 484. The molecule has 0 saturated carbocycles. The molecule has 1 amide bonds. The highest BCUT2D eigenvalue weighted by Gasteiger charge is 2.14. The van der Waals surface area contributed by atoms with E-state index in [2.05, 4.69) is 44.8 Å². The zero-order chi connectivity index (χ0) is 16.3. The Labute approximate surface area is 164 Å². The lowest BCUT2D eigenvalue weighted by Crippen LogP contribution is -2.29. The molecule has 2 rings (SSSR count). The predicted octanol–water partition coefficient (Wildman–Crippen LogP) is 4.64. The first kappa shape index (κ1) is 21.8. The smallest absolute Gasteiger partial charge is 0.220 e. The van der Waals surface area contributed by atoms with Gasteiger partial charge in [0.05, 0.1) is 0 Å². The van der Waals surface area contributed by atoms with Crippen LogP contribution in [-0.2, 0) is 4.79 Å². The summed E-state index contributed by atoms with van der Waals surface area (Å²) in [7, 11) is 0. The van der Waals surface area contributed by atoms with Crippen LogP contribution in [0.5, 0.6) is 0 Å². The molecule has 0 aliphatic carbocycles. The third-order valence-electron chi connectivity index (χ3n) is 4.23. The molecule has 6 heteroatoms. The van der Waals surface area contributed by atoms with Gasteiger partial charge >= 0.3 is 0 Å². The van der Waals surface area contributed by atoms with Crippen molar-refractivity contribution in [2.24, 2.45) is 5.92 Å². The zero-order valence-corrected chi connectivity index (χ0v) is 17.3. The summed E-state index contributed by atoms with van der Waals surface area (Å²) < 4.78 is 1.16. The molecule has 1 aliphatic rings. The maximum atomic E-state index is 11.8. The number of benzene rings is 1. The van der Waals surface area contributed by atoms with Crippen LogP contribution in [0.25, 0.3) is 0 Å². The van der Waals surface area contributed by atoms with Crippen LogP contribution in [-0.4, -0.2) is 31.3 Å². The van der Waals surface area contributed by atoms with E-state index >= 15 is 0 Å². The van der Waals surface area contributed by atoms with Crippen LogP contribution in [0.2, 0.25) is 0 Å². The highest BCUT2D eigenvalue weighted by Crippen LogP contribution is 2.27. The molecule has 0 radical (unpaired) electrons. The second-order valence-corrected chi connectivity index (χ2v) is 8.06. The number of amides is 1. The second-order valence-electron chi connectivity index (χ2n) is 6.07. The minimum Gasteiger partial charge on any atom is -0.356 e. The van der Waals surface area contributed by atoms with Crippen LogP contribution in [0.3, 0.4) is 0 Å². The van der Waals surface area contributed by atoms with Gasteiger partial charge in [-0.1, -0.05) is 12.1 Å². The molecule has 0 bridgehead atoms. The molecular formula is C18H28BrClN2OS. The van der Waals surface area contributed by atoms with Crippen molar-refractivity contribution in [1.29, 1.82) is 0 Å². The van der Waals surface area contributed by atoms with Gasteiger partial charge in [0.1, 0.15) is 0 Å². The number of thioether (sulfide) groups is 1. The summed E-state index contributed by atoms with van der Waals surface area (Å²) in [5.41, 5.74) is 0. The topological polar surface area (TPSA) is 41.1 Å². The first-order valence-electron chi connectivity index (χ1n) is 8.60. The fourth-order valence-electron chi connectivity index (χ4n) is 2.79. The molecule has 1 aromatic rings. The first-order chi connectivity index (χ1) is 11.3. The summed E-state index contributed by atoms with van der Waals surface area (Å²) in [4.78, 5) is 13.1. The standard InChI is InChI=1S/C18H27BrN2OS.ClH/c19-16-5-1-2-6-17(16)23-14-4-3-11-21-18(22)8-7-15-9-12-20-13-10-15;/h1-2,5-6,15,20H,3-4,7-14H2,(H,21,22);1H. The fraction of sp³-hybridized carbons (Fsp3) is 0.611. The summed E-state index contributed by atoms with van der Waals surface area (Å²) in [5.74, 6) is 2.05. The van der Waals surface area contributed by atoms with E-state index in [0.717, 1.165) is 55.0 Å². The molecule has 24 heavy (non-hydrogen) atoms. The monoisotopic (exact) mass is 434 g/mol. The van der Waals surface area contributed by atoms with E-state index in [0.29, 0.717) is 6.42 Å². The average molecular weight is 436 g/mol. The number of unbranched alkanes of at least 4 members (excludes halogenated alkanes) is 1. The molecule has 1 aliphatic heterocycles. The Morgan fingerprint density at radius 2 is 2.00 bits per heavy atom. The van der Waals surface area contributed by atoms with Gasteiger partial charge in [-0.3, -0.25) is 4.79 Å². The minimum absolute atomic E-state index is 0. The SMILES string of the molecule is Cl.O=C(CCC1CCNCC1)NCCCCSc1ccccc1Br. The largest absolute Gasteiger partial charge is 0.356 e. The minimum atomic E-state index is 0. The number of carbonyl (C=O) groups is 1. The van der Waals surface area contributed by atoms with E-state index in [-0.39, 0.29) is 18.3 Å². The van der Waals surface area contributed by atoms with E-state index < -0.39 is 0 Å². The third-order valence-corrected chi connectivity index (χ3v) is 6.34. The van der Waals surface area contributed by atoms with Gasteiger partial charge in [0, 0.05) is 22.3 Å². The number of halogens is 2. The highest BCUT2D eigenvalue weighted by molar-refractivity contribution is 9.10. The molecule has 0 aromatic heterocycles. The van der Waals surface area contributed by atoms with E-state index in [1.807, 2.05) is 17.8 Å². The van der Waals surface area contributed by atoms with Crippen LogP contribution < -0.4 is 10.6 Å². The molecule has 0 atom stereocenters. The van der Waals surface area contributed by atoms with E-state index in [1.165, 1.54) is 17.7 Å². The lowest BCUT2D eigenvalue weighted by atomic mass is 9.93. The Hall–Kier alpha value is -0.230. The van der Waals surface area contributed by atoms with Crippen LogP contribution in [0.4, 0.5) is 0 Å². The quantitative estimate of drug-likeness (QED) is 0.438. The van der Waals surface area contributed by atoms with Crippen molar-refractivity contribution in [2.45, 2.75) is 43.4 Å². The van der Waals surface area contributed by atoms with Crippen LogP contribution in [0.1, 0.15) is 38.5 Å². The molecule has 2 N–H and O–H groups in total. The van der Waals surface area contributed by atoms with E-state index in [4.69, 9.17) is 0 Å². The molecule has 0 spiro atoms. The molecule has 1 saturated heterocycles. The van der Waals surface area contributed by atoms with Crippen LogP contribution in [0.15, 0.2) is 33.6 Å². The van der Waals surface area contributed by atoms with Gasteiger partial charge in [0.25, 0.3) is 0 Å². The summed E-state index contributed by atoms with van der Waals surface area (Å²) in [6.07, 6.45) is 6.36. The van der Waals surface area contributed by atoms with E-state index in [1.54, 1.807) is 0 Å².